The van der Waals surface area contributed by atoms with Gasteiger partial charge in [-0.1, -0.05) is 41.3 Å². The molecule has 0 radical (unpaired) electrons. The Bertz CT molecular complexity index is 420. The van der Waals surface area contributed by atoms with E-state index in [1.807, 2.05) is 12.1 Å². The second-order valence-corrected chi connectivity index (χ2v) is 5.72. The van der Waals surface area contributed by atoms with Crippen LogP contribution in [-0.4, -0.2) is 5.84 Å². The standard InChI is InChI=1S/C14H19BrN2/c1-10-7-8-12(15)9-13(10)17-14(16)11-5-3-2-4-6-11/h7-9,11H,2-6H2,1H3,(H2,16,17). The molecule has 3 heteroatoms. The molecule has 1 aromatic rings. The minimum absolute atomic E-state index is 0.488. The topological polar surface area (TPSA) is 38.4 Å². The van der Waals surface area contributed by atoms with Crippen LogP contribution in [0.5, 0.6) is 0 Å². The highest BCUT2D eigenvalue weighted by Gasteiger charge is 2.17. The lowest BCUT2D eigenvalue weighted by Crippen LogP contribution is -2.25. The van der Waals surface area contributed by atoms with Crippen LogP contribution in [0.3, 0.4) is 0 Å². The van der Waals surface area contributed by atoms with E-state index in [4.69, 9.17) is 5.73 Å². The Kier molecular flexibility index (Phi) is 4.21. The molecule has 0 aliphatic heterocycles. The maximum atomic E-state index is 6.13. The lowest BCUT2D eigenvalue weighted by Gasteiger charge is -2.21. The van der Waals surface area contributed by atoms with Crippen molar-refractivity contribution in [2.45, 2.75) is 39.0 Å². The third kappa shape index (κ3) is 3.32. The summed E-state index contributed by atoms with van der Waals surface area (Å²) in [6.07, 6.45) is 6.32. The van der Waals surface area contributed by atoms with Crippen molar-refractivity contribution in [1.82, 2.24) is 0 Å². The fraction of sp³-hybridized carbons (Fsp3) is 0.500. The molecule has 1 aliphatic carbocycles. The summed E-state index contributed by atoms with van der Waals surface area (Å²) in [4.78, 5) is 4.61. The van der Waals surface area contributed by atoms with E-state index in [-0.39, 0.29) is 0 Å². The van der Waals surface area contributed by atoms with E-state index >= 15 is 0 Å². The molecular weight excluding hydrogens is 276 g/mol. The molecule has 17 heavy (non-hydrogen) atoms. The first-order chi connectivity index (χ1) is 8.16. The molecule has 0 aromatic heterocycles. The predicted octanol–water partition coefficient (Wildman–Crippen LogP) is 4.33. The van der Waals surface area contributed by atoms with Crippen LogP contribution in [0.2, 0.25) is 0 Å². The van der Waals surface area contributed by atoms with Crippen molar-refractivity contribution in [2.75, 3.05) is 0 Å². The maximum Gasteiger partial charge on any atom is 0.103 e. The van der Waals surface area contributed by atoms with Gasteiger partial charge >= 0.3 is 0 Å². The van der Waals surface area contributed by atoms with Gasteiger partial charge in [0.2, 0.25) is 0 Å². The van der Waals surface area contributed by atoms with Gasteiger partial charge in [0.15, 0.2) is 0 Å². The second kappa shape index (κ2) is 5.67. The van der Waals surface area contributed by atoms with Gasteiger partial charge in [-0.2, -0.15) is 0 Å². The van der Waals surface area contributed by atoms with Gasteiger partial charge in [-0.3, -0.25) is 0 Å². The molecule has 0 unspecified atom stereocenters. The highest BCUT2D eigenvalue weighted by molar-refractivity contribution is 9.10. The lowest BCUT2D eigenvalue weighted by atomic mass is 9.88. The fourth-order valence-corrected chi connectivity index (χ4v) is 2.68. The first-order valence-electron chi connectivity index (χ1n) is 6.27. The number of amidine groups is 1. The summed E-state index contributed by atoms with van der Waals surface area (Å²) in [6.45, 7) is 2.07. The quantitative estimate of drug-likeness (QED) is 0.640. The van der Waals surface area contributed by atoms with E-state index in [1.54, 1.807) is 0 Å². The molecule has 1 aromatic carbocycles. The molecule has 1 aliphatic rings. The summed E-state index contributed by atoms with van der Waals surface area (Å²) in [7, 11) is 0. The zero-order chi connectivity index (χ0) is 12.3. The Labute approximate surface area is 111 Å². The van der Waals surface area contributed by atoms with E-state index in [9.17, 15) is 0 Å². The third-order valence-electron chi connectivity index (χ3n) is 3.44. The number of benzene rings is 1. The van der Waals surface area contributed by atoms with E-state index in [0.29, 0.717) is 5.92 Å². The van der Waals surface area contributed by atoms with Crippen LogP contribution in [-0.2, 0) is 0 Å². The summed E-state index contributed by atoms with van der Waals surface area (Å²) in [5.41, 5.74) is 8.30. The van der Waals surface area contributed by atoms with Crippen LogP contribution in [0.1, 0.15) is 37.7 Å². The average molecular weight is 295 g/mol. The number of hydrogen-bond acceptors (Lipinski definition) is 1. The van der Waals surface area contributed by atoms with Crippen LogP contribution in [0.4, 0.5) is 5.69 Å². The van der Waals surface area contributed by atoms with Crippen molar-refractivity contribution in [3.05, 3.63) is 28.2 Å². The Morgan fingerprint density at radius 3 is 2.71 bits per heavy atom. The Hall–Kier alpha value is -0.830. The second-order valence-electron chi connectivity index (χ2n) is 4.80. The zero-order valence-electron chi connectivity index (χ0n) is 10.2. The van der Waals surface area contributed by atoms with Gasteiger partial charge in [0.25, 0.3) is 0 Å². The van der Waals surface area contributed by atoms with Crippen molar-refractivity contribution in [2.24, 2.45) is 16.6 Å². The van der Waals surface area contributed by atoms with Crippen molar-refractivity contribution < 1.29 is 0 Å². The largest absolute Gasteiger partial charge is 0.387 e. The van der Waals surface area contributed by atoms with Crippen molar-refractivity contribution >= 4 is 27.5 Å². The SMILES string of the molecule is Cc1ccc(Br)cc1N=C(N)C1CCCCC1. The monoisotopic (exact) mass is 294 g/mol. The zero-order valence-corrected chi connectivity index (χ0v) is 11.8. The van der Waals surface area contributed by atoms with Crippen molar-refractivity contribution in [3.63, 3.8) is 0 Å². The number of rotatable bonds is 2. The Balaban J connectivity index is 2.19. The Morgan fingerprint density at radius 1 is 1.29 bits per heavy atom. The first-order valence-corrected chi connectivity index (χ1v) is 7.06. The van der Waals surface area contributed by atoms with E-state index in [1.165, 1.54) is 37.7 Å². The predicted molar refractivity (Wildman–Crippen MR) is 76.7 cm³/mol. The van der Waals surface area contributed by atoms with Gasteiger partial charge in [-0.15, -0.1) is 0 Å². The number of aryl methyl sites for hydroxylation is 1. The van der Waals surface area contributed by atoms with Gasteiger partial charge < -0.3 is 5.73 Å². The van der Waals surface area contributed by atoms with Gasteiger partial charge in [-0.05, 0) is 37.5 Å². The molecule has 0 spiro atoms. The summed E-state index contributed by atoms with van der Waals surface area (Å²) in [5, 5.41) is 0. The summed E-state index contributed by atoms with van der Waals surface area (Å²) in [5.74, 6) is 1.30. The van der Waals surface area contributed by atoms with E-state index in [2.05, 4.69) is 33.9 Å². The van der Waals surface area contributed by atoms with Crippen LogP contribution in [0.25, 0.3) is 0 Å². The Morgan fingerprint density at radius 2 is 2.00 bits per heavy atom. The van der Waals surface area contributed by atoms with Crippen LogP contribution >= 0.6 is 15.9 Å². The van der Waals surface area contributed by atoms with E-state index in [0.717, 1.165) is 16.0 Å². The maximum absolute atomic E-state index is 6.13. The summed E-state index contributed by atoms with van der Waals surface area (Å²) < 4.78 is 1.05. The summed E-state index contributed by atoms with van der Waals surface area (Å²) >= 11 is 3.47. The normalized spacial score (nSPS) is 18.4. The number of halogens is 1. The molecule has 0 heterocycles. The number of aliphatic imine (C=N–C) groups is 1. The highest BCUT2D eigenvalue weighted by atomic mass is 79.9. The van der Waals surface area contributed by atoms with Crippen LogP contribution in [0, 0.1) is 12.8 Å². The first kappa shape index (κ1) is 12.6. The van der Waals surface area contributed by atoms with Crippen molar-refractivity contribution in [3.8, 4) is 0 Å². The molecule has 0 bridgehead atoms. The molecule has 2 rings (SSSR count). The van der Waals surface area contributed by atoms with Gasteiger partial charge in [0, 0.05) is 10.4 Å². The molecule has 0 atom stereocenters. The third-order valence-corrected chi connectivity index (χ3v) is 3.94. The average Bonchev–Trinajstić information content (AvgIpc) is 2.35. The molecule has 92 valence electrons. The molecule has 2 N–H and O–H groups in total. The molecule has 0 amide bonds. The lowest BCUT2D eigenvalue weighted by molar-refractivity contribution is 0.437. The minimum Gasteiger partial charge on any atom is -0.387 e. The number of hydrogen-bond donors (Lipinski definition) is 1. The van der Waals surface area contributed by atoms with Crippen LogP contribution < -0.4 is 5.73 Å². The molecule has 1 saturated carbocycles. The van der Waals surface area contributed by atoms with E-state index < -0.39 is 0 Å². The van der Waals surface area contributed by atoms with Gasteiger partial charge in [-0.25, -0.2) is 4.99 Å². The minimum atomic E-state index is 0.488. The molecule has 2 nitrogen and oxygen atoms in total. The smallest absolute Gasteiger partial charge is 0.103 e. The van der Waals surface area contributed by atoms with Crippen molar-refractivity contribution in [1.29, 1.82) is 0 Å². The highest BCUT2D eigenvalue weighted by Crippen LogP contribution is 2.27. The van der Waals surface area contributed by atoms with Gasteiger partial charge in [0.05, 0.1) is 5.69 Å². The number of nitrogens with two attached hydrogens (primary N) is 1. The molecule has 1 fully saturated rings. The fourth-order valence-electron chi connectivity index (χ4n) is 2.33. The van der Waals surface area contributed by atoms with Crippen LogP contribution in [0.15, 0.2) is 27.7 Å². The molecule has 0 saturated heterocycles. The molecular formula is C14H19BrN2. The van der Waals surface area contributed by atoms with Gasteiger partial charge in [0.1, 0.15) is 5.84 Å². The summed E-state index contributed by atoms with van der Waals surface area (Å²) in [6, 6.07) is 6.13. The number of nitrogens with zero attached hydrogens (tertiary/aromatic N) is 1.